The highest BCUT2D eigenvalue weighted by atomic mass is 32.2. The molecule has 3 amide bonds. The van der Waals surface area contributed by atoms with Crippen molar-refractivity contribution in [3.05, 3.63) is 0 Å². The summed E-state index contributed by atoms with van der Waals surface area (Å²) in [6, 6.07) is 0. The molecule has 1 aliphatic heterocycles. The molecule has 0 aromatic carbocycles. The number of hydrogen-bond acceptors (Lipinski definition) is 4. The summed E-state index contributed by atoms with van der Waals surface area (Å²) < 4.78 is 0. The minimum atomic E-state index is -0.456. The number of nitrogens with one attached hydrogen (secondary N) is 1. The van der Waals surface area contributed by atoms with E-state index in [0.717, 1.165) is 6.42 Å². The van der Waals surface area contributed by atoms with E-state index in [1.165, 1.54) is 16.7 Å². The summed E-state index contributed by atoms with van der Waals surface area (Å²) >= 11 is 1.47. The molecule has 0 bridgehead atoms. The topological polar surface area (TPSA) is 69.7 Å². The van der Waals surface area contributed by atoms with E-state index >= 15 is 0 Å². The second-order valence-corrected chi connectivity index (χ2v) is 7.11. The van der Waals surface area contributed by atoms with Crippen LogP contribution in [0.2, 0.25) is 0 Å². The van der Waals surface area contributed by atoms with Crippen molar-refractivity contribution in [2.24, 2.45) is 5.92 Å². The van der Waals surface area contributed by atoms with Crippen LogP contribution in [-0.2, 0) is 14.4 Å². The third kappa shape index (κ3) is 5.51. The van der Waals surface area contributed by atoms with Gasteiger partial charge in [0.15, 0.2) is 0 Å². The van der Waals surface area contributed by atoms with Gasteiger partial charge in [0.2, 0.25) is 5.91 Å². The van der Waals surface area contributed by atoms with Gasteiger partial charge in [0.1, 0.15) is 0 Å². The maximum absolute atomic E-state index is 12.1. The van der Waals surface area contributed by atoms with E-state index in [0.29, 0.717) is 38.6 Å². The number of nitrogens with zero attached hydrogens (tertiary/aromatic N) is 2. The first-order valence-electron chi connectivity index (χ1n) is 7.75. The zero-order valence-electron chi connectivity index (χ0n) is 13.9. The lowest BCUT2D eigenvalue weighted by atomic mass is 10.1. The molecule has 6 nitrogen and oxygen atoms in total. The fourth-order valence-corrected chi connectivity index (χ4v) is 2.42. The Balaban J connectivity index is 2.38. The molecule has 126 valence electrons. The second kappa shape index (κ2) is 9.02. The Morgan fingerprint density at radius 3 is 2.18 bits per heavy atom. The van der Waals surface area contributed by atoms with Gasteiger partial charge in [-0.1, -0.05) is 13.8 Å². The van der Waals surface area contributed by atoms with Crippen molar-refractivity contribution in [2.75, 3.05) is 39.0 Å². The van der Waals surface area contributed by atoms with Gasteiger partial charge in [0.25, 0.3) is 0 Å². The molecular formula is C15H27N3O3S. The molecule has 22 heavy (non-hydrogen) atoms. The first-order chi connectivity index (χ1) is 10.4. The van der Waals surface area contributed by atoms with Gasteiger partial charge < -0.3 is 15.1 Å². The van der Waals surface area contributed by atoms with E-state index in [-0.39, 0.29) is 11.2 Å². The summed E-state index contributed by atoms with van der Waals surface area (Å²) in [5.41, 5.74) is 0. The Labute approximate surface area is 137 Å². The molecule has 1 aliphatic rings. The van der Waals surface area contributed by atoms with Crippen molar-refractivity contribution in [1.29, 1.82) is 0 Å². The van der Waals surface area contributed by atoms with Gasteiger partial charge in [0.05, 0.1) is 5.25 Å². The summed E-state index contributed by atoms with van der Waals surface area (Å²) in [5, 5.41) is 2.68. The number of carbonyl (C=O) groups excluding carboxylic acids is 3. The third-order valence-corrected chi connectivity index (χ3v) is 4.70. The van der Waals surface area contributed by atoms with Crippen molar-refractivity contribution < 1.29 is 14.4 Å². The molecule has 1 heterocycles. The lowest BCUT2D eigenvalue weighted by Crippen LogP contribution is -2.55. The fourth-order valence-electron chi connectivity index (χ4n) is 2.12. The minimum Gasteiger partial charge on any atom is -0.353 e. The lowest BCUT2D eigenvalue weighted by Gasteiger charge is -2.34. The second-order valence-electron chi connectivity index (χ2n) is 5.94. The monoisotopic (exact) mass is 329 g/mol. The number of piperazine rings is 1. The Morgan fingerprint density at radius 2 is 1.68 bits per heavy atom. The average Bonchev–Trinajstić information content (AvgIpc) is 2.49. The fraction of sp³-hybridized carbons (Fsp3) is 0.800. The first kappa shape index (κ1) is 18.8. The SMILES string of the molecule is CSC(C)C(=O)NCCN1CCN(CCC(C)C)C(=O)C1=O. The molecule has 1 rings (SSSR count). The van der Waals surface area contributed by atoms with Crippen LogP contribution in [0.1, 0.15) is 27.2 Å². The molecule has 1 N–H and O–H groups in total. The van der Waals surface area contributed by atoms with Crippen LogP contribution >= 0.6 is 11.8 Å². The number of amides is 3. The molecule has 0 aromatic rings. The quantitative estimate of drug-likeness (QED) is 0.661. The van der Waals surface area contributed by atoms with E-state index in [1.54, 1.807) is 4.90 Å². The molecule has 0 radical (unpaired) electrons. The van der Waals surface area contributed by atoms with Gasteiger partial charge in [-0.25, -0.2) is 0 Å². The van der Waals surface area contributed by atoms with Crippen LogP contribution in [-0.4, -0.2) is 71.8 Å². The van der Waals surface area contributed by atoms with Crippen LogP contribution in [0, 0.1) is 5.92 Å². The maximum atomic E-state index is 12.1. The van der Waals surface area contributed by atoms with E-state index in [2.05, 4.69) is 19.2 Å². The van der Waals surface area contributed by atoms with Crippen molar-refractivity contribution in [3.63, 3.8) is 0 Å². The highest BCUT2D eigenvalue weighted by Gasteiger charge is 2.31. The zero-order valence-corrected chi connectivity index (χ0v) is 14.7. The predicted octanol–water partition coefficient (Wildman–Crippen LogP) is 0.571. The van der Waals surface area contributed by atoms with Crippen molar-refractivity contribution >= 4 is 29.5 Å². The Kier molecular flexibility index (Phi) is 7.72. The molecule has 0 aromatic heterocycles. The summed E-state index contributed by atoms with van der Waals surface area (Å²) in [5.74, 6) is -0.408. The molecule has 1 saturated heterocycles. The van der Waals surface area contributed by atoms with Crippen LogP contribution < -0.4 is 5.32 Å². The Hall–Kier alpha value is -1.24. The highest BCUT2D eigenvalue weighted by molar-refractivity contribution is 7.99. The van der Waals surface area contributed by atoms with Gasteiger partial charge in [0, 0.05) is 32.7 Å². The summed E-state index contributed by atoms with van der Waals surface area (Å²) in [4.78, 5) is 38.9. The summed E-state index contributed by atoms with van der Waals surface area (Å²) in [6.07, 6.45) is 2.78. The van der Waals surface area contributed by atoms with Gasteiger partial charge >= 0.3 is 11.8 Å². The van der Waals surface area contributed by atoms with Crippen LogP contribution in [0.25, 0.3) is 0 Å². The standard InChI is InChI=1S/C15H27N3O3S/c1-11(2)5-7-17-9-10-18(15(21)14(17)20)8-6-16-13(19)12(3)22-4/h11-12H,5-10H2,1-4H3,(H,16,19). The van der Waals surface area contributed by atoms with Gasteiger partial charge in [-0.15, -0.1) is 0 Å². The first-order valence-corrected chi connectivity index (χ1v) is 9.04. The van der Waals surface area contributed by atoms with Crippen molar-refractivity contribution in [3.8, 4) is 0 Å². The van der Waals surface area contributed by atoms with Crippen LogP contribution in [0.15, 0.2) is 0 Å². The number of rotatable bonds is 8. The van der Waals surface area contributed by atoms with E-state index in [4.69, 9.17) is 0 Å². The Bertz CT molecular complexity index is 415. The van der Waals surface area contributed by atoms with E-state index in [1.807, 2.05) is 13.2 Å². The molecule has 1 atom stereocenters. The van der Waals surface area contributed by atoms with Gasteiger partial charge in [-0.3, -0.25) is 14.4 Å². The maximum Gasteiger partial charge on any atom is 0.312 e. The summed E-state index contributed by atoms with van der Waals surface area (Å²) in [6.45, 7) is 8.55. The minimum absolute atomic E-state index is 0.0400. The molecule has 7 heteroatoms. The average molecular weight is 329 g/mol. The highest BCUT2D eigenvalue weighted by Crippen LogP contribution is 2.09. The summed E-state index contributed by atoms with van der Waals surface area (Å²) in [7, 11) is 0. The number of carbonyl (C=O) groups is 3. The van der Waals surface area contributed by atoms with Gasteiger partial charge in [-0.05, 0) is 25.5 Å². The van der Waals surface area contributed by atoms with Crippen LogP contribution in [0.4, 0.5) is 0 Å². The lowest BCUT2D eigenvalue weighted by molar-refractivity contribution is -0.156. The predicted molar refractivity (Wildman–Crippen MR) is 88.6 cm³/mol. The smallest absolute Gasteiger partial charge is 0.312 e. The zero-order chi connectivity index (χ0) is 16.7. The van der Waals surface area contributed by atoms with E-state index < -0.39 is 11.8 Å². The molecule has 0 aliphatic carbocycles. The molecular weight excluding hydrogens is 302 g/mol. The molecule has 1 unspecified atom stereocenters. The van der Waals surface area contributed by atoms with Crippen molar-refractivity contribution in [2.45, 2.75) is 32.4 Å². The normalized spacial score (nSPS) is 17.1. The van der Waals surface area contributed by atoms with Crippen LogP contribution in [0.3, 0.4) is 0 Å². The largest absolute Gasteiger partial charge is 0.353 e. The van der Waals surface area contributed by atoms with Crippen molar-refractivity contribution in [1.82, 2.24) is 15.1 Å². The molecule has 0 saturated carbocycles. The number of thioether (sulfide) groups is 1. The number of hydrogen-bond donors (Lipinski definition) is 1. The van der Waals surface area contributed by atoms with E-state index in [9.17, 15) is 14.4 Å². The molecule has 0 spiro atoms. The Morgan fingerprint density at radius 1 is 1.14 bits per heavy atom. The third-order valence-electron chi connectivity index (χ3n) is 3.78. The van der Waals surface area contributed by atoms with Gasteiger partial charge in [-0.2, -0.15) is 11.8 Å². The molecule has 1 fully saturated rings. The van der Waals surface area contributed by atoms with Crippen LogP contribution in [0.5, 0.6) is 0 Å².